The van der Waals surface area contributed by atoms with Crippen LogP contribution >= 0.6 is 0 Å². The summed E-state index contributed by atoms with van der Waals surface area (Å²) >= 11 is 0. The number of nitrogens with zero attached hydrogens (tertiary/aromatic N) is 3. The minimum absolute atomic E-state index is 0.441. The molecule has 5 heteroatoms. The maximum absolute atomic E-state index is 5.73. The minimum atomic E-state index is 0.441. The van der Waals surface area contributed by atoms with Crippen molar-refractivity contribution >= 4 is 0 Å². The van der Waals surface area contributed by atoms with Crippen molar-refractivity contribution in [2.75, 3.05) is 7.05 Å². The van der Waals surface area contributed by atoms with E-state index >= 15 is 0 Å². The largest absolute Gasteiger partial charge is 0.486 e. The van der Waals surface area contributed by atoms with Gasteiger partial charge in [0, 0.05) is 13.1 Å². The first-order valence-corrected chi connectivity index (χ1v) is 6.06. The van der Waals surface area contributed by atoms with Gasteiger partial charge in [-0.1, -0.05) is 12.1 Å². The predicted octanol–water partition coefficient (Wildman–Crippen LogP) is 1.60. The predicted molar refractivity (Wildman–Crippen MR) is 69.2 cm³/mol. The molecule has 18 heavy (non-hydrogen) atoms. The van der Waals surface area contributed by atoms with Crippen LogP contribution in [-0.4, -0.2) is 21.8 Å². The van der Waals surface area contributed by atoms with Gasteiger partial charge in [0.15, 0.2) is 5.82 Å². The highest BCUT2D eigenvalue weighted by Gasteiger charge is 2.03. The molecule has 1 heterocycles. The normalized spacial score (nSPS) is 10.6. The molecule has 2 aromatic rings. The number of hydrogen-bond acceptors (Lipinski definition) is 4. The molecule has 1 N–H and O–H groups in total. The van der Waals surface area contributed by atoms with E-state index in [1.807, 2.05) is 36.9 Å². The summed E-state index contributed by atoms with van der Waals surface area (Å²) in [6, 6.07) is 8.04. The lowest BCUT2D eigenvalue weighted by molar-refractivity contribution is 0.287. The molecule has 0 aliphatic heterocycles. The number of hydrogen-bond donors (Lipinski definition) is 1. The highest BCUT2D eigenvalue weighted by molar-refractivity contribution is 5.28. The molecule has 0 fully saturated rings. The van der Waals surface area contributed by atoms with Gasteiger partial charge in [-0.15, -0.1) is 0 Å². The molecule has 0 saturated heterocycles. The summed E-state index contributed by atoms with van der Waals surface area (Å²) in [6.45, 7) is 4.11. The maximum atomic E-state index is 5.73. The van der Waals surface area contributed by atoms with Crippen molar-refractivity contribution in [2.45, 2.75) is 26.6 Å². The van der Waals surface area contributed by atoms with Crippen molar-refractivity contribution in [1.82, 2.24) is 20.1 Å². The highest BCUT2D eigenvalue weighted by Crippen LogP contribution is 2.14. The fraction of sp³-hybridized carbons (Fsp3) is 0.385. The Balaban J connectivity index is 1.99. The van der Waals surface area contributed by atoms with Crippen molar-refractivity contribution in [3.63, 3.8) is 0 Å². The zero-order chi connectivity index (χ0) is 12.8. The Morgan fingerprint density at radius 3 is 3.06 bits per heavy atom. The monoisotopic (exact) mass is 246 g/mol. The van der Waals surface area contributed by atoms with Gasteiger partial charge in [0.05, 0.1) is 0 Å². The molecular weight excluding hydrogens is 228 g/mol. The molecule has 96 valence electrons. The molecule has 1 aromatic carbocycles. The van der Waals surface area contributed by atoms with E-state index in [1.54, 1.807) is 6.33 Å². The molecule has 0 atom stereocenters. The van der Waals surface area contributed by atoms with Crippen LogP contribution in [0.2, 0.25) is 0 Å². The van der Waals surface area contributed by atoms with Crippen LogP contribution < -0.4 is 10.1 Å². The molecule has 0 amide bonds. The number of ether oxygens (including phenoxy) is 1. The molecule has 0 unspecified atom stereocenters. The summed E-state index contributed by atoms with van der Waals surface area (Å²) in [5.41, 5.74) is 1.20. The lowest BCUT2D eigenvalue weighted by atomic mass is 10.2. The fourth-order valence-corrected chi connectivity index (χ4v) is 1.76. The number of aryl methyl sites for hydroxylation is 1. The van der Waals surface area contributed by atoms with Crippen molar-refractivity contribution in [3.8, 4) is 5.75 Å². The third kappa shape index (κ3) is 3.07. The summed E-state index contributed by atoms with van der Waals surface area (Å²) in [6.07, 6.45) is 1.56. The van der Waals surface area contributed by atoms with Gasteiger partial charge < -0.3 is 10.1 Å². The van der Waals surface area contributed by atoms with Crippen LogP contribution in [-0.2, 0) is 19.7 Å². The third-order valence-corrected chi connectivity index (χ3v) is 2.64. The van der Waals surface area contributed by atoms with Crippen LogP contribution in [0.5, 0.6) is 5.75 Å². The SMILES string of the molecule is CCn1ncnc1COc1cccc(CNC)c1. The molecule has 0 saturated carbocycles. The van der Waals surface area contributed by atoms with E-state index in [1.165, 1.54) is 5.56 Å². The molecule has 2 rings (SSSR count). The molecule has 0 radical (unpaired) electrons. The van der Waals surface area contributed by atoms with E-state index in [4.69, 9.17) is 4.74 Å². The summed E-state index contributed by atoms with van der Waals surface area (Å²) in [5.74, 6) is 1.70. The number of benzene rings is 1. The lowest BCUT2D eigenvalue weighted by Gasteiger charge is -2.08. The second-order valence-electron chi connectivity index (χ2n) is 3.96. The fourth-order valence-electron chi connectivity index (χ4n) is 1.76. The summed E-state index contributed by atoms with van der Waals surface area (Å²) in [4.78, 5) is 4.18. The van der Waals surface area contributed by atoms with E-state index in [2.05, 4.69) is 21.5 Å². The Hall–Kier alpha value is -1.88. The minimum Gasteiger partial charge on any atom is -0.486 e. The third-order valence-electron chi connectivity index (χ3n) is 2.64. The first kappa shape index (κ1) is 12.6. The van der Waals surface area contributed by atoms with Crippen molar-refractivity contribution in [3.05, 3.63) is 42.0 Å². The van der Waals surface area contributed by atoms with Gasteiger partial charge in [0.2, 0.25) is 0 Å². The van der Waals surface area contributed by atoms with E-state index in [0.29, 0.717) is 6.61 Å². The summed E-state index contributed by atoms with van der Waals surface area (Å²) in [7, 11) is 1.93. The van der Waals surface area contributed by atoms with Crippen LogP contribution in [0.1, 0.15) is 18.3 Å². The highest BCUT2D eigenvalue weighted by atomic mass is 16.5. The standard InChI is InChI=1S/C13H18N4O/c1-3-17-13(15-10-16-17)9-18-12-6-4-5-11(7-12)8-14-2/h4-7,10,14H,3,8-9H2,1-2H3. The van der Waals surface area contributed by atoms with Gasteiger partial charge in [-0.05, 0) is 31.7 Å². The lowest BCUT2D eigenvalue weighted by Crippen LogP contribution is -2.08. The Bertz CT molecular complexity index is 495. The van der Waals surface area contributed by atoms with Crippen LogP contribution in [0.3, 0.4) is 0 Å². The Morgan fingerprint density at radius 1 is 1.39 bits per heavy atom. The molecule has 0 spiro atoms. The van der Waals surface area contributed by atoms with Crippen molar-refractivity contribution in [2.24, 2.45) is 0 Å². The van der Waals surface area contributed by atoms with E-state index < -0.39 is 0 Å². The topological polar surface area (TPSA) is 52.0 Å². The van der Waals surface area contributed by atoms with Crippen LogP contribution in [0.15, 0.2) is 30.6 Å². The van der Waals surface area contributed by atoms with Crippen LogP contribution in [0, 0.1) is 0 Å². The Kier molecular flexibility index (Phi) is 4.30. The van der Waals surface area contributed by atoms with Crippen molar-refractivity contribution in [1.29, 1.82) is 0 Å². The first-order valence-electron chi connectivity index (χ1n) is 6.06. The molecule has 0 aliphatic carbocycles. The van der Waals surface area contributed by atoms with Gasteiger partial charge in [-0.2, -0.15) is 5.10 Å². The first-order chi connectivity index (χ1) is 8.83. The molecule has 1 aromatic heterocycles. The average molecular weight is 246 g/mol. The van der Waals surface area contributed by atoms with Gasteiger partial charge >= 0.3 is 0 Å². The zero-order valence-corrected chi connectivity index (χ0v) is 10.8. The zero-order valence-electron chi connectivity index (χ0n) is 10.8. The molecule has 5 nitrogen and oxygen atoms in total. The van der Waals surface area contributed by atoms with Crippen molar-refractivity contribution < 1.29 is 4.74 Å². The summed E-state index contributed by atoms with van der Waals surface area (Å²) in [5, 5.41) is 7.23. The van der Waals surface area contributed by atoms with Crippen LogP contribution in [0.4, 0.5) is 0 Å². The summed E-state index contributed by atoms with van der Waals surface area (Å²) < 4.78 is 7.56. The molecule has 0 aliphatic rings. The molecule has 0 bridgehead atoms. The maximum Gasteiger partial charge on any atom is 0.164 e. The van der Waals surface area contributed by atoms with E-state index in [9.17, 15) is 0 Å². The number of aromatic nitrogens is 3. The second kappa shape index (κ2) is 6.16. The van der Waals surface area contributed by atoms with E-state index in [-0.39, 0.29) is 0 Å². The second-order valence-corrected chi connectivity index (χ2v) is 3.96. The van der Waals surface area contributed by atoms with Gasteiger partial charge in [-0.25, -0.2) is 9.67 Å². The van der Waals surface area contributed by atoms with Crippen LogP contribution in [0.25, 0.3) is 0 Å². The van der Waals surface area contributed by atoms with Gasteiger partial charge in [0.1, 0.15) is 18.7 Å². The average Bonchev–Trinajstić information content (AvgIpc) is 2.84. The number of nitrogens with one attached hydrogen (secondary N) is 1. The van der Waals surface area contributed by atoms with E-state index in [0.717, 1.165) is 24.7 Å². The van der Waals surface area contributed by atoms with Gasteiger partial charge in [0.25, 0.3) is 0 Å². The Morgan fingerprint density at radius 2 is 2.28 bits per heavy atom. The molecular formula is C13H18N4O. The number of rotatable bonds is 6. The quantitative estimate of drug-likeness (QED) is 0.841. The van der Waals surface area contributed by atoms with Gasteiger partial charge in [-0.3, -0.25) is 0 Å². The smallest absolute Gasteiger partial charge is 0.164 e. The Labute approximate surface area is 107 Å².